The summed E-state index contributed by atoms with van der Waals surface area (Å²) in [6.45, 7) is 6.96. The largest absolute Gasteiger partial charge is 0.454 e. The number of piperazine rings is 1. The number of furan rings is 1. The van der Waals surface area contributed by atoms with Gasteiger partial charge < -0.3 is 29.2 Å². The zero-order valence-electron chi connectivity index (χ0n) is 19.5. The van der Waals surface area contributed by atoms with Crippen molar-refractivity contribution in [3.63, 3.8) is 0 Å². The fourth-order valence-corrected chi connectivity index (χ4v) is 4.64. The van der Waals surface area contributed by atoms with E-state index < -0.39 is 6.10 Å². The first-order valence-electron chi connectivity index (χ1n) is 12.0. The van der Waals surface area contributed by atoms with Gasteiger partial charge in [-0.05, 0) is 36.6 Å². The summed E-state index contributed by atoms with van der Waals surface area (Å²) < 4.78 is 16.7. The number of ether oxygens (including phenoxy) is 2. The Morgan fingerprint density at radius 1 is 1.09 bits per heavy atom. The predicted molar refractivity (Wildman–Crippen MR) is 130 cm³/mol. The lowest BCUT2D eigenvalue weighted by atomic mass is 10.1. The number of fused-ring (bicyclic) bond motifs is 2. The Morgan fingerprint density at radius 3 is 2.62 bits per heavy atom. The minimum atomic E-state index is -0.501. The highest BCUT2D eigenvalue weighted by atomic mass is 16.7. The molecule has 0 aliphatic carbocycles. The Balaban J connectivity index is 1.07. The number of para-hydroxylation sites is 1. The van der Waals surface area contributed by atoms with Crippen LogP contribution in [0.1, 0.15) is 29.5 Å². The van der Waals surface area contributed by atoms with E-state index in [1.807, 2.05) is 24.3 Å². The number of benzene rings is 2. The van der Waals surface area contributed by atoms with E-state index in [4.69, 9.17) is 13.9 Å². The number of aliphatic hydroxyl groups is 1. The molecule has 0 saturated carbocycles. The molecule has 34 heavy (non-hydrogen) atoms. The molecule has 8 heteroatoms. The van der Waals surface area contributed by atoms with E-state index in [1.54, 1.807) is 6.07 Å². The third-order valence-corrected chi connectivity index (χ3v) is 6.55. The van der Waals surface area contributed by atoms with E-state index in [0.717, 1.165) is 49.5 Å². The highest BCUT2D eigenvalue weighted by Crippen LogP contribution is 2.39. The Kier molecular flexibility index (Phi) is 6.60. The maximum absolute atomic E-state index is 12.4. The summed E-state index contributed by atoms with van der Waals surface area (Å²) in [4.78, 5) is 17.0. The molecule has 2 aromatic carbocycles. The van der Waals surface area contributed by atoms with Crippen LogP contribution in [0.5, 0.6) is 11.5 Å². The van der Waals surface area contributed by atoms with Gasteiger partial charge in [0.15, 0.2) is 17.3 Å². The molecule has 3 heterocycles. The van der Waals surface area contributed by atoms with Gasteiger partial charge in [0.1, 0.15) is 5.58 Å². The first kappa shape index (κ1) is 22.6. The second-order valence-electron chi connectivity index (χ2n) is 8.82. The highest BCUT2D eigenvalue weighted by molar-refractivity contribution is 5.96. The number of carbonyl (C=O) groups is 1. The van der Waals surface area contributed by atoms with Gasteiger partial charge >= 0.3 is 0 Å². The van der Waals surface area contributed by atoms with Crippen molar-refractivity contribution in [1.29, 1.82) is 0 Å². The summed E-state index contributed by atoms with van der Waals surface area (Å²) in [5.74, 6) is 1.68. The molecule has 1 saturated heterocycles. The van der Waals surface area contributed by atoms with Crippen molar-refractivity contribution in [2.45, 2.75) is 25.9 Å². The van der Waals surface area contributed by atoms with Crippen molar-refractivity contribution in [3.8, 4) is 11.5 Å². The lowest BCUT2D eigenvalue weighted by molar-refractivity contribution is 0.0882. The molecule has 0 bridgehead atoms. The number of rotatable bonds is 8. The van der Waals surface area contributed by atoms with Crippen molar-refractivity contribution < 1.29 is 23.8 Å². The number of carbonyl (C=O) groups excluding carboxylic acids is 1. The van der Waals surface area contributed by atoms with E-state index in [-0.39, 0.29) is 12.7 Å². The van der Waals surface area contributed by atoms with Crippen LogP contribution in [0.2, 0.25) is 0 Å². The number of aryl methyl sites for hydroxylation is 1. The van der Waals surface area contributed by atoms with Gasteiger partial charge in [0.2, 0.25) is 6.79 Å². The molecule has 1 amide bonds. The Morgan fingerprint density at radius 2 is 1.85 bits per heavy atom. The molecule has 2 N–H and O–H groups in total. The molecule has 0 spiro atoms. The fraction of sp³-hybridized carbons (Fsp3) is 0.423. The average Bonchev–Trinajstić information content (AvgIpc) is 3.50. The van der Waals surface area contributed by atoms with E-state index in [0.29, 0.717) is 30.9 Å². The monoisotopic (exact) mass is 465 g/mol. The maximum atomic E-state index is 12.4. The van der Waals surface area contributed by atoms with Crippen LogP contribution in [0.15, 0.2) is 46.9 Å². The van der Waals surface area contributed by atoms with E-state index in [9.17, 15) is 9.90 Å². The van der Waals surface area contributed by atoms with Crippen LogP contribution >= 0.6 is 0 Å². The molecule has 2 aliphatic heterocycles. The number of aliphatic hydroxyl groups excluding tert-OH is 1. The third-order valence-electron chi connectivity index (χ3n) is 6.55. The summed E-state index contributed by atoms with van der Waals surface area (Å²) in [5.41, 5.74) is 3.16. The molecule has 5 rings (SSSR count). The van der Waals surface area contributed by atoms with Crippen LogP contribution in [0.25, 0.3) is 11.0 Å². The van der Waals surface area contributed by atoms with Gasteiger partial charge in [-0.1, -0.05) is 25.1 Å². The second kappa shape index (κ2) is 9.95. The normalized spacial score (nSPS) is 16.7. The Hall–Kier alpha value is -3.23. The van der Waals surface area contributed by atoms with Gasteiger partial charge in [-0.3, -0.25) is 9.69 Å². The van der Waals surface area contributed by atoms with Crippen LogP contribution in [-0.4, -0.2) is 68.1 Å². The van der Waals surface area contributed by atoms with Crippen LogP contribution < -0.4 is 19.7 Å². The van der Waals surface area contributed by atoms with Crippen molar-refractivity contribution in [2.75, 3.05) is 51.0 Å². The topological polar surface area (TPSA) is 87.4 Å². The van der Waals surface area contributed by atoms with Gasteiger partial charge in [0.05, 0.1) is 6.10 Å². The number of β-amino-alcohol motifs (C(OH)–C–C–N with tert-alkyl or cyclic N) is 1. The number of amides is 1. The highest BCUT2D eigenvalue weighted by Gasteiger charge is 2.24. The molecule has 3 aromatic rings. The summed E-state index contributed by atoms with van der Waals surface area (Å²) in [7, 11) is 0. The molecular formula is C26H31N3O5. The predicted octanol–water partition coefficient (Wildman–Crippen LogP) is 3.03. The van der Waals surface area contributed by atoms with Gasteiger partial charge in [0.25, 0.3) is 5.91 Å². The number of anilines is 1. The summed E-state index contributed by atoms with van der Waals surface area (Å²) in [5, 5.41) is 14.3. The minimum absolute atomic E-state index is 0.257. The van der Waals surface area contributed by atoms with Gasteiger partial charge in [-0.2, -0.15) is 0 Å². The standard InChI is InChI=1S/C26H31N3O5/c1-2-18-13-23-24(33-17-32-23)15-21(18)29-11-9-28(10-12-29)16-20(30)7-8-27-26(31)25-14-19-5-3-4-6-22(19)34-25/h3-6,13-15,20,30H,2,7-12,16-17H2,1H3,(H,27,31). The van der Waals surface area contributed by atoms with Crippen molar-refractivity contribution >= 4 is 22.6 Å². The average molecular weight is 466 g/mol. The minimum Gasteiger partial charge on any atom is -0.454 e. The molecule has 1 fully saturated rings. The SMILES string of the molecule is CCc1cc2c(cc1N1CCN(CC(O)CCNC(=O)c3cc4ccccc4o3)CC1)OCO2. The molecular weight excluding hydrogens is 434 g/mol. The zero-order chi connectivity index (χ0) is 23.5. The van der Waals surface area contributed by atoms with Crippen LogP contribution in [0.4, 0.5) is 5.69 Å². The van der Waals surface area contributed by atoms with Gasteiger partial charge in [-0.15, -0.1) is 0 Å². The number of nitrogens with one attached hydrogen (secondary N) is 1. The third kappa shape index (κ3) is 4.83. The Bertz CT molecular complexity index is 1120. The van der Waals surface area contributed by atoms with Crippen molar-refractivity contribution in [1.82, 2.24) is 10.2 Å². The molecule has 0 radical (unpaired) electrons. The maximum Gasteiger partial charge on any atom is 0.287 e. The quantitative estimate of drug-likeness (QED) is 0.529. The van der Waals surface area contributed by atoms with Crippen molar-refractivity contribution in [3.05, 3.63) is 53.8 Å². The molecule has 1 aromatic heterocycles. The lowest BCUT2D eigenvalue weighted by Gasteiger charge is -2.37. The summed E-state index contributed by atoms with van der Waals surface area (Å²) in [6, 6.07) is 13.5. The van der Waals surface area contributed by atoms with E-state index >= 15 is 0 Å². The summed E-state index contributed by atoms with van der Waals surface area (Å²) in [6.07, 6.45) is 0.929. The summed E-state index contributed by atoms with van der Waals surface area (Å²) >= 11 is 0. The first-order valence-corrected chi connectivity index (χ1v) is 12.0. The van der Waals surface area contributed by atoms with Crippen molar-refractivity contribution in [2.24, 2.45) is 0 Å². The van der Waals surface area contributed by atoms with Crippen LogP contribution in [-0.2, 0) is 6.42 Å². The number of nitrogens with zero attached hydrogens (tertiary/aromatic N) is 2. The fourth-order valence-electron chi connectivity index (χ4n) is 4.64. The van der Waals surface area contributed by atoms with Crippen LogP contribution in [0, 0.1) is 0 Å². The number of hydrogen-bond acceptors (Lipinski definition) is 7. The number of hydrogen-bond donors (Lipinski definition) is 2. The van der Waals surface area contributed by atoms with Gasteiger partial charge in [-0.25, -0.2) is 0 Å². The second-order valence-corrected chi connectivity index (χ2v) is 8.82. The smallest absolute Gasteiger partial charge is 0.287 e. The van der Waals surface area contributed by atoms with E-state index in [2.05, 4.69) is 34.2 Å². The molecule has 1 unspecified atom stereocenters. The molecule has 2 aliphatic rings. The van der Waals surface area contributed by atoms with Gasteiger partial charge in [0, 0.05) is 56.4 Å². The Labute approximate surface area is 199 Å². The molecule has 8 nitrogen and oxygen atoms in total. The van der Waals surface area contributed by atoms with E-state index in [1.165, 1.54) is 11.3 Å². The van der Waals surface area contributed by atoms with Crippen LogP contribution in [0.3, 0.4) is 0 Å². The zero-order valence-corrected chi connectivity index (χ0v) is 19.5. The lowest BCUT2D eigenvalue weighted by Crippen LogP contribution is -2.49. The molecule has 180 valence electrons. The first-order chi connectivity index (χ1) is 16.6. The molecule has 1 atom stereocenters.